The van der Waals surface area contributed by atoms with Gasteiger partial charge < -0.3 is 0 Å². The number of nitrogens with zero attached hydrogens (tertiary/aromatic N) is 1. The largest absolute Gasteiger partial charge is 0.239 e. The number of hydrogen-bond donors (Lipinski definition) is 0. The fourth-order valence-electron chi connectivity index (χ4n) is 1.38. The standard InChI is InChI=1S/C17H28N/c1-6-9-11-17(10-7-2)13-12-16(4)14-15-18(5)8-3/h7-8,10-14H,6,9,15H2,1-5H3/q+1. The van der Waals surface area contributed by atoms with E-state index in [0.29, 0.717) is 0 Å². The topological polar surface area (TPSA) is 3.01 Å². The molecule has 0 bridgehead atoms. The minimum atomic E-state index is 0.963. The van der Waals surface area contributed by atoms with Crippen LogP contribution in [0.25, 0.3) is 0 Å². The molecule has 0 aromatic rings. The molecule has 0 rings (SSSR count). The number of hydrogen-bond acceptors (Lipinski definition) is 0. The Labute approximate surface area is 113 Å². The van der Waals surface area contributed by atoms with Gasteiger partial charge >= 0.3 is 0 Å². The molecule has 0 aromatic heterocycles. The zero-order valence-electron chi connectivity index (χ0n) is 12.6. The van der Waals surface area contributed by atoms with E-state index in [1.54, 1.807) is 0 Å². The predicted octanol–water partition coefficient (Wildman–Crippen LogP) is 4.52. The Morgan fingerprint density at radius 2 is 1.78 bits per heavy atom. The smallest absolute Gasteiger partial charge is 0.161 e. The molecule has 0 unspecified atom stereocenters. The van der Waals surface area contributed by atoms with E-state index in [-0.39, 0.29) is 0 Å². The molecular formula is C17H28N+. The molecule has 0 fully saturated rings. The summed E-state index contributed by atoms with van der Waals surface area (Å²) >= 11 is 0. The Kier molecular flexibility index (Phi) is 9.94. The summed E-state index contributed by atoms with van der Waals surface area (Å²) in [5.41, 5.74) is 2.60. The highest BCUT2D eigenvalue weighted by molar-refractivity contribution is 5.46. The molecule has 0 aliphatic rings. The third-order valence-corrected chi connectivity index (χ3v) is 2.71. The monoisotopic (exact) mass is 246 g/mol. The van der Waals surface area contributed by atoms with Crippen LogP contribution in [0.4, 0.5) is 0 Å². The van der Waals surface area contributed by atoms with Gasteiger partial charge in [0.1, 0.15) is 13.3 Å². The van der Waals surface area contributed by atoms with Crippen LogP contribution in [0.5, 0.6) is 0 Å². The van der Waals surface area contributed by atoms with Gasteiger partial charge in [-0.25, -0.2) is 4.58 Å². The number of rotatable bonds is 7. The lowest BCUT2D eigenvalue weighted by molar-refractivity contribution is -0.481. The fraction of sp³-hybridized carbons (Fsp3) is 0.471. The van der Waals surface area contributed by atoms with Crippen molar-refractivity contribution in [2.24, 2.45) is 0 Å². The maximum atomic E-state index is 2.29. The summed E-state index contributed by atoms with van der Waals surface area (Å²) in [5.74, 6) is 0. The SMILES string of the molecule is CC=CC(C=CC(C)=CC[N+](C)=CC)=CCCC. The van der Waals surface area contributed by atoms with Crippen LogP contribution < -0.4 is 0 Å². The molecule has 0 saturated carbocycles. The summed E-state index contributed by atoms with van der Waals surface area (Å²) in [5, 5.41) is 0. The van der Waals surface area contributed by atoms with Crippen LogP contribution >= 0.6 is 0 Å². The Morgan fingerprint density at radius 1 is 1.06 bits per heavy atom. The van der Waals surface area contributed by atoms with Crippen LogP contribution in [0, 0.1) is 0 Å². The third kappa shape index (κ3) is 8.74. The number of likely N-dealkylation sites (N-methyl/N-ethyl adjacent to an activating group) is 1. The summed E-state index contributed by atoms with van der Waals surface area (Å²) < 4.78 is 2.16. The minimum absolute atomic E-state index is 0.963. The normalized spacial score (nSPS) is 15.1. The maximum Gasteiger partial charge on any atom is 0.161 e. The van der Waals surface area contributed by atoms with Gasteiger partial charge in [-0.15, -0.1) is 0 Å². The Balaban J connectivity index is 4.57. The summed E-state index contributed by atoms with van der Waals surface area (Å²) in [7, 11) is 2.08. The van der Waals surface area contributed by atoms with Crippen LogP contribution in [-0.4, -0.2) is 24.4 Å². The van der Waals surface area contributed by atoms with Crippen molar-refractivity contribution in [1.29, 1.82) is 0 Å². The first-order valence-corrected chi connectivity index (χ1v) is 6.81. The van der Waals surface area contributed by atoms with E-state index in [2.05, 4.69) is 82.0 Å². The average Bonchev–Trinajstić information content (AvgIpc) is 2.39. The van der Waals surface area contributed by atoms with Crippen molar-refractivity contribution in [2.45, 2.75) is 40.5 Å². The molecule has 0 amide bonds. The molecule has 18 heavy (non-hydrogen) atoms. The lowest BCUT2D eigenvalue weighted by Crippen LogP contribution is -2.04. The predicted molar refractivity (Wildman–Crippen MR) is 83.5 cm³/mol. The van der Waals surface area contributed by atoms with Gasteiger partial charge in [-0.1, -0.05) is 43.7 Å². The van der Waals surface area contributed by atoms with Crippen molar-refractivity contribution in [1.82, 2.24) is 0 Å². The van der Waals surface area contributed by atoms with E-state index in [1.807, 2.05) is 0 Å². The van der Waals surface area contributed by atoms with Crippen LogP contribution in [0.2, 0.25) is 0 Å². The second-order valence-corrected chi connectivity index (χ2v) is 4.47. The molecule has 0 saturated heterocycles. The first kappa shape index (κ1) is 16.6. The van der Waals surface area contributed by atoms with Crippen molar-refractivity contribution >= 4 is 6.21 Å². The molecule has 0 radical (unpaired) electrons. The van der Waals surface area contributed by atoms with Crippen LogP contribution in [-0.2, 0) is 0 Å². The van der Waals surface area contributed by atoms with Gasteiger partial charge in [0.2, 0.25) is 0 Å². The Hall–Kier alpha value is -1.37. The van der Waals surface area contributed by atoms with Gasteiger partial charge in [-0.3, -0.25) is 0 Å². The van der Waals surface area contributed by atoms with Gasteiger partial charge in [-0.05, 0) is 37.5 Å². The molecule has 100 valence electrons. The minimum Gasteiger partial charge on any atom is -0.239 e. The van der Waals surface area contributed by atoms with Gasteiger partial charge in [0, 0.05) is 6.92 Å². The molecule has 0 spiro atoms. The lowest BCUT2D eigenvalue weighted by atomic mass is 10.1. The van der Waals surface area contributed by atoms with Crippen molar-refractivity contribution < 1.29 is 4.58 Å². The molecule has 0 aromatic carbocycles. The molecular weight excluding hydrogens is 218 g/mol. The quantitative estimate of drug-likeness (QED) is 0.353. The van der Waals surface area contributed by atoms with Gasteiger partial charge in [0.25, 0.3) is 0 Å². The summed E-state index contributed by atoms with van der Waals surface area (Å²) in [6.45, 7) is 9.42. The van der Waals surface area contributed by atoms with Crippen LogP contribution in [0.15, 0.2) is 47.6 Å². The van der Waals surface area contributed by atoms with Crippen molar-refractivity contribution in [3.8, 4) is 0 Å². The fourth-order valence-corrected chi connectivity index (χ4v) is 1.38. The molecule has 0 atom stereocenters. The number of unbranched alkanes of at least 4 members (excludes halogenated alkanes) is 1. The van der Waals surface area contributed by atoms with E-state index in [1.165, 1.54) is 17.6 Å². The van der Waals surface area contributed by atoms with E-state index in [0.717, 1.165) is 13.0 Å². The molecule has 0 aliphatic heterocycles. The number of allylic oxidation sites excluding steroid dienone is 7. The lowest BCUT2D eigenvalue weighted by Gasteiger charge is -1.96. The van der Waals surface area contributed by atoms with E-state index in [9.17, 15) is 0 Å². The molecule has 1 nitrogen and oxygen atoms in total. The Bertz CT molecular complexity index is 365. The van der Waals surface area contributed by atoms with Crippen molar-refractivity contribution in [2.75, 3.05) is 13.6 Å². The van der Waals surface area contributed by atoms with E-state index < -0.39 is 0 Å². The van der Waals surface area contributed by atoms with E-state index in [4.69, 9.17) is 0 Å². The highest BCUT2D eigenvalue weighted by atomic mass is 14.9. The maximum absolute atomic E-state index is 2.29. The Morgan fingerprint density at radius 3 is 2.33 bits per heavy atom. The zero-order chi connectivity index (χ0) is 13.8. The van der Waals surface area contributed by atoms with Crippen molar-refractivity contribution in [3.05, 3.63) is 47.6 Å². The second kappa shape index (κ2) is 10.8. The average molecular weight is 246 g/mol. The van der Waals surface area contributed by atoms with Gasteiger partial charge in [0.05, 0.1) is 0 Å². The molecule has 0 aliphatic carbocycles. The molecule has 0 N–H and O–H groups in total. The van der Waals surface area contributed by atoms with Gasteiger partial charge in [0.15, 0.2) is 6.54 Å². The van der Waals surface area contributed by atoms with Crippen molar-refractivity contribution in [3.63, 3.8) is 0 Å². The molecule has 0 heterocycles. The highest BCUT2D eigenvalue weighted by Crippen LogP contribution is 2.06. The first-order valence-electron chi connectivity index (χ1n) is 6.81. The van der Waals surface area contributed by atoms with Crippen LogP contribution in [0.1, 0.15) is 40.5 Å². The van der Waals surface area contributed by atoms with Crippen LogP contribution in [0.3, 0.4) is 0 Å². The van der Waals surface area contributed by atoms with Gasteiger partial charge in [-0.2, -0.15) is 0 Å². The summed E-state index contributed by atoms with van der Waals surface area (Å²) in [6.07, 6.45) is 17.6. The zero-order valence-corrected chi connectivity index (χ0v) is 12.6. The highest BCUT2D eigenvalue weighted by Gasteiger charge is 1.90. The first-order chi connectivity index (χ1) is 8.63. The molecule has 1 heteroatoms. The summed E-state index contributed by atoms with van der Waals surface area (Å²) in [6, 6.07) is 0. The summed E-state index contributed by atoms with van der Waals surface area (Å²) in [4.78, 5) is 0. The third-order valence-electron chi connectivity index (χ3n) is 2.71. The van der Waals surface area contributed by atoms with E-state index >= 15 is 0 Å². The second-order valence-electron chi connectivity index (χ2n) is 4.47.